The fourth-order valence-corrected chi connectivity index (χ4v) is 1.63. The van der Waals surface area contributed by atoms with Crippen LogP contribution < -0.4 is 0 Å². The summed E-state index contributed by atoms with van der Waals surface area (Å²) >= 11 is 0. The van der Waals surface area contributed by atoms with Gasteiger partial charge in [0.25, 0.3) is 0 Å². The summed E-state index contributed by atoms with van der Waals surface area (Å²) in [6.45, 7) is 2.20. The lowest BCUT2D eigenvalue weighted by atomic mass is 10.1. The molecule has 98 valence electrons. The highest BCUT2D eigenvalue weighted by Gasteiger charge is 2.45. The summed E-state index contributed by atoms with van der Waals surface area (Å²) in [5, 5.41) is 0. The van der Waals surface area contributed by atoms with Gasteiger partial charge in [0.1, 0.15) is 0 Å². The number of hydrogen-bond donors (Lipinski definition) is 0. The molecule has 0 aromatic heterocycles. The van der Waals surface area contributed by atoms with E-state index in [9.17, 15) is 14.0 Å². The fraction of sp³-hybridized carbons (Fsp3) is 0.800. The molecule has 1 aliphatic rings. The van der Waals surface area contributed by atoms with Crippen molar-refractivity contribution in [2.24, 2.45) is 0 Å². The molecular formula is C10H15FO6. The summed E-state index contributed by atoms with van der Waals surface area (Å²) < 4.78 is 32.8. The summed E-state index contributed by atoms with van der Waals surface area (Å²) in [7, 11) is 1.26. The van der Waals surface area contributed by atoms with Gasteiger partial charge in [-0.05, 0) is 0 Å². The number of rotatable bonds is 3. The van der Waals surface area contributed by atoms with E-state index in [1.165, 1.54) is 21.0 Å². The number of esters is 2. The topological polar surface area (TPSA) is 71.1 Å². The zero-order chi connectivity index (χ0) is 13.0. The summed E-state index contributed by atoms with van der Waals surface area (Å²) in [4.78, 5) is 21.8. The summed E-state index contributed by atoms with van der Waals surface area (Å²) in [6.07, 6.45) is -4.72. The SMILES string of the molecule is CO[C@H]1[C@H](OC(C)=O)[C@H](OC(C)=O)CO[C@H]1F. The van der Waals surface area contributed by atoms with E-state index in [0.29, 0.717) is 0 Å². The van der Waals surface area contributed by atoms with Crippen LogP contribution >= 0.6 is 0 Å². The Bertz CT molecular complexity index is 295. The van der Waals surface area contributed by atoms with Crippen LogP contribution in [-0.4, -0.2) is 50.3 Å². The molecule has 1 rings (SSSR count). The van der Waals surface area contributed by atoms with E-state index in [1.54, 1.807) is 0 Å². The third-order valence-corrected chi connectivity index (χ3v) is 2.26. The quantitative estimate of drug-likeness (QED) is 0.666. The van der Waals surface area contributed by atoms with Crippen molar-refractivity contribution in [3.63, 3.8) is 0 Å². The molecule has 0 amide bonds. The van der Waals surface area contributed by atoms with Crippen molar-refractivity contribution in [1.82, 2.24) is 0 Å². The Balaban J connectivity index is 2.80. The van der Waals surface area contributed by atoms with E-state index < -0.39 is 36.6 Å². The Kier molecular flexibility index (Phi) is 4.83. The maximum absolute atomic E-state index is 13.4. The third kappa shape index (κ3) is 3.64. The van der Waals surface area contributed by atoms with E-state index >= 15 is 0 Å². The van der Waals surface area contributed by atoms with E-state index in [-0.39, 0.29) is 6.61 Å². The van der Waals surface area contributed by atoms with Crippen LogP contribution in [0.25, 0.3) is 0 Å². The summed E-state index contributed by atoms with van der Waals surface area (Å²) in [6, 6.07) is 0. The van der Waals surface area contributed by atoms with Gasteiger partial charge in [0.2, 0.25) is 6.36 Å². The molecule has 7 heteroatoms. The summed E-state index contributed by atoms with van der Waals surface area (Å²) in [5.74, 6) is -1.17. The number of halogens is 1. The molecular weight excluding hydrogens is 235 g/mol. The van der Waals surface area contributed by atoms with Crippen LogP contribution in [0, 0.1) is 0 Å². The van der Waals surface area contributed by atoms with Crippen molar-refractivity contribution in [2.45, 2.75) is 38.5 Å². The Hall–Kier alpha value is -1.21. The maximum Gasteiger partial charge on any atom is 0.303 e. The summed E-state index contributed by atoms with van der Waals surface area (Å²) in [5.41, 5.74) is 0. The first-order valence-electron chi connectivity index (χ1n) is 5.08. The second-order valence-electron chi connectivity index (χ2n) is 3.61. The molecule has 1 aliphatic heterocycles. The Morgan fingerprint density at radius 1 is 1.18 bits per heavy atom. The van der Waals surface area contributed by atoms with Gasteiger partial charge in [0.05, 0.1) is 6.61 Å². The number of carbonyl (C=O) groups excluding carboxylic acids is 2. The first kappa shape index (κ1) is 13.9. The smallest absolute Gasteiger partial charge is 0.303 e. The van der Waals surface area contributed by atoms with Crippen LogP contribution in [0.3, 0.4) is 0 Å². The number of carbonyl (C=O) groups is 2. The first-order valence-corrected chi connectivity index (χ1v) is 5.08. The number of alkyl halides is 1. The average molecular weight is 250 g/mol. The van der Waals surface area contributed by atoms with E-state index in [2.05, 4.69) is 0 Å². The van der Waals surface area contributed by atoms with Crippen LogP contribution in [-0.2, 0) is 28.5 Å². The monoisotopic (exact) mass is 250 g/mol. The zero-order valence-corrected chi connectivity index (χ0v) is 9.84. The highest BCUT2D eigenvalue weighted by Crippen LogP contribution is 2.24. The number of methoxy groups -OCH3 is 1. The standard InChI is InChI=1S/C10H15FO6/c1-5(12)16-7-4-15-10(11)9(14-3)8(7)17-6(2)13/h7-10H,4H2,1-3H3/t7-,8-,9+,10-/m1/s1. The number of hydrogen-bond acceptors (Lipinski definition) is 6. The molecule has 0 bridgehead atoms. The molecule has 0 saturated carbocycles. The molecule has 0 N–H and O–H groups in total. The predicted octanol–water partition coefficient (Wildman–Crippen LogP) is 0.191. The normalized spacial score (nSPS) is 32.9. The molecule has 17 heavy (non-hydrogen) atoms. The zero-order valence-electron chi connectivity index (χ0n) is 9.84. The Morgan fingerprint density at radius 2 is 1.76 bits per heavy atom. The lowest BCUT2D eigenvalue weighted by Crippen LogP contribution is -2.55. The third-order valence-electron chi connectivity index (χ3n) is 2.26. The van der Waals surface area contributed by atoms with E-state index in [4.69, 9.17) is 18.9 Å². The van der Waals surface area contributed by atoms with Gasteiger partial charge in [0.15, 0.2) is 18.3 Å². The molecule has 0 aromatic rings. The molecule has 0 aromatic carbocycles. The van der Waals surface area contributed by atoms with Gasteiger partial charge in [-0.15, -0.1) is 0 Å². The highest BCUT2D eigenvalue weighted by atomic mass is 19.1. The van der Waals surface area contributed by atoms with Crippen molar-refractivity contribution < 1.29 is 32.9 Å². The Morgan fingerprint density at radius 3 is 2.24 bits per heavy atom. The van der Waals surface area contributed by atoms with Gasteiger partial charge in [-0.1, -0.05) is 0 Å². The van der Waals surface area contributed by atoms with Crippen molar-refractivity contribution >= 4 is 11.9 Å². The van der Waals surface area contributed by atoms with Gasteiger partial charge in [0, 0.05) is 21.0 Å². The largest absolute Gasteiger partial charge is 0.456 e. The van der Waals surface area contributed by atoms with Gasteiger partial charge < -0.3 is 18.9 Å². The molecule has 6 nitrogen and oxygen atoms in total. The lowest BCUT2D eigenvalue weighted by molar-refractivity contribution is -0.246. The first-order chi connectivity index (χ1) is 7.95. The predicted molar refractivity (Wildman–Crippen MR) is 52.8 cm³/mol. The highest BCUT2D eigenvalue weighted by molar-refractivity contribution is 5.67. The molecule has 1 fully saturated rings. The fourth-order valence-electron chi connectivity index (χ4n) is 1.63. The van der Waals surface area contributed by atoms with Gasteiger partial charge in [-0.3, -0.25) is 9.59 Å². The minimum atomic E-state index is -1.73. The minimum absolute atomic E-state index is 0.182. The van der Waals surface area contributed by atoms with Crippen LogP contribution in [0.2, 0.25) is 0 Å². The minimum Gasteiger partial charge on any atom is -0.456 e. The van der Waals surface area contributed by atoms with Crippen LogP contribution in [0.5, 0.6) is 0 Å². The van der Waals surface area contributed by atoms with E-state index in [1.807, 2.05) is 0 Å². The molecule has 1 saturated heterocycles. The molecule has 0 unspecified atom stereocenters. The second kappa shape index (κ2) is 5.92. The van der Waals surface area contributed by atoms with Crippen molar-refractivity contribution in [1.29, 1.82) is 0 Å². The molecule has 4 atom stereocenters. The van der Waals surface area contributed by atoms with Crippen molar-refractivity contribution in [3.8, 4) is 0 Å². The van der Waals surface area contributed by atoms with Gasteiger partial charge in [-0.2, -0.15) is 0 Å². The number of ether oxygens (including phenoxy) is 4. The van der Waals surface area contributed by atoms with Gasteiger partial charge >= 0.3 is 11.9 Å². The maximum atomic E-state index is 13.4. The lowest BCUT2D eigenvalue weighted by Gasteiger charge is -2.37. The van der Waals surface area contributed by atoms with Crippen LogP contribution in [0.15, 0.2) is 0 Å². The molecule has 0 aliphatic carbocycles. The second-order valence-corrected chi connectivity index (χ2v) is 3.61. The molecule has 0 radical (unpaired) electrons. The van der Waals surface area contributed by atoms with Crippen molar-refractivity contribution in [3.05, 3.63) is 0 Å². The molecule has 1 heterocycles. The van der Waals surface area contributed by atoms with E-state index in [0.717, 1.165) is 0 Å². The van der Waals surface area contributed by atoms with Crippen molar-refractivity contribution in [2.75, 3.05) is 13.7 Å². The Labute approximate surface area is 98.0 Å². The molecule has 0 spiro atoms. The van der Waals surface area contributed by atoms with Crippen LogP contribution in [0.4, 0.5) is 4.39 Å². The van der Waals surface area contributed by atoms with Gasteiger partial charge in [-0.25, -0.2) is 4.39 Å². The van der Waals surface area contributed by atoms with Crippen LogP contribution in [0.1, 0.15) is 13.8 Å². The average Bonchev–Trinajstić information content (AvgIpc) is 2.21.